The van der Waals surface area contributed by atoms with Crippen LogP contribution in [-0.4, -0.2) is 25.9 Å². The van der Waals surface area contributed by atoms with Crippen molar-refractivity contribution in [3.63, 3.8) is 0 Å². The molecule has 0 atom stereocenters. The van der Waals surface area contributed by atoms with E-state index < -0.39 is 15.9 Å². The van der Waals surface area contributed by atoms with Crippen LogP contribution in [0.2, 0.25) is 0 Å². The molecular weight excluding hydrogens is 394 g/mol. The monoisotopic (exact) mass is 415 g/mol. The van der Waals surface area contributed by atoms with Gasteiger partial charge < -0.3 is 5.32 Å². The van der Waals surface area contributed by atoms with Crippen molar-refractivity contribution < 1.29 is 13.2 Å². The summed E-state index contributed by atoms with van der Waals surface area (Å²) in [4.78, 5) is 16.8. The van der Waals surface area contributed by atoms with Crippen molar-refractivity contribution in [3.8, 4) is 0 Å². The van der Waals surface area contributed by atoms with Gasteiger partial charge in [-0.15, -0.1) is 11.3 Å². The number of anilines is 2. The van der Waals surface area contributed by atoms with Crippen LogP contribution in [0, 0.1) is 0 Å². The molecule has 0 fully saturated rings. The Kier molecular flexibility index (Phi) is 6.11. The maximum atomic E-state index is 13.1. The van der Waals surface area contributed by atoms with E-state index in [0.717, 1.165) is 21.2 Å². The standard InChI is InChI=1S/C20H21N3O3S2/c1-15(2)16-8-10-17(11-9-16)22-19(24)14-23(20-21-12-13-27-20)28(25,26)18-6-4-3-5-7-18/h3-13,15H,14H2,1-2H3,(H,22,24). The SMILES string of the molecule is CC(C)c1ccc(NC(=O)CN(c2nccs2)S(=O)(=O)c2ccccc2)cc1. The van der Waals surface area contributed by atoms with Gasteiger partial charge in [0.15, 0.2) is 5.13 Å². The van der Waals surface area contributed by atoms with Crippen LogP contribution >= 0.6 is 11.3 Å². The molecule has 3 rings (SSSR count). The molecule has 1 heterocycles. The normalized spacial score (nSPS) is 11.4. The average Bonchev–Trinajstić information content (AvgIpc) is 3.21. The Bertz CT molecular complexity index is 1020. The van der Waals surface area contributed by atoms with Crippen LogP contribution in [0.1, 0.15) is 25.3 Å². The predicted molar refractivity (Wildman–Crippen MR) is 112 cm³/mol. The van der Waals surface area contributed by atoms with Gasteiger partial charge in [0.05, 0.1) is 4.90 Å². The largest absolute Gasteiger partial charge is 0.325 e. The van der Waals surface area contributed by atoms with Gasteiger partial charge in [-0.2, -0.15) is 0 Å². The first kappa shape index (κ1) is 20.0. The fourth-order valence-electron chi connectivity index (χ4n) is 2.60. The molecule has 6 nitrogen and oxygen atoms in total. The van der Waals surface area contributed by atoms with E-state index in [2.05, 4.69) is 24.1 Å². The fourth-order valence-corrected chi connectivity index (χ4v) is 4.86. The van der Waals surface area contributed by atoms with E-state index in [-0.39, 0.29) is 16.6 Å². The van der Waals surface area contributed by atoms with E-state index in [1.807, 2.05) is 24.3 Å². The number of carbonyl (C=O) groups is 1. The number of amides is 1. The Labute approximate surface area is 168 Å². The molecule has 0 aliphatic carbocycles. The van der Waals surface area contributed by atoms with E-state index in [0.29, 0.717) is 11.6 Å². The Morgan fingerprint density at radius 1 is 1.11 bits per heavy atom. The van der Waals surface area contributed by atoms with Crippen molar-refractivity contribution in [3.05, 3.63) is 71.7 Å². The summed E-state index contributed by atoms with van der Waals surface area (Å²) < 4.78 is 27.1. The lowest BCUT2D eigenvalue weighted by Gasteiger charge is -2.21. The smallest absolute Gasteiger partial charge is 0.266 e. The molecule has 8 heteroatoms. The van der Waals surface area contributed by atoms with Crippen LogP contribution in [0.15, 0.2) is 71.1 Å². The lowest BCUT2D eigenvalue weighted by molar-refractivity contribution is -0.114. The van der Waals surface area contributed by atoms with Gasteiger partial charge in [-0.05, 0) is 35.7 Å². The first-order chi connectivity index (χ1) is 13.4. The van der Waals surface area contributed by atoms with Gasteiger partial charge in [0.25, 0.3) is 10.0 Å². The van der Waals surface area contributed by atoms with Crippen molar-refractivity contribution >= 4 is 38.1 Å². The second-order valence-electron chi connectivity index (χ2n) is 6.46. The number of sulfonamides is 1. The average molecular weight is 416 g/mol. The van der Waals surface area contributed by atoms with Gasteiger partial charge in [-0.1, -0.05) is 44.2 Å². The topological polar surface area (TPSA) is 79.4 Å². The van der Waals surface area contributed by atoms with Gasteiger partial charge in [0, 0.05) is 17.3 Å². The number of nitrogens with one attached hydrogen (secondary N) is 1. The zero-order valence-corrected chi connectivity index (χ0v) is 17.2. The summed E-state index contributed by atoms with van der Waals surface area (Å²) in [7, 11) is -3.91. The van der Waals surface area contributed by atoms with Crippen LogP contribution in [0.3, 0.4) is 0 Å². The van der Waals surface area contributed by atoms with Crippen LogP contribution < -0.4 is 9.62 Å². The highest BCUT2D eigenvalue weighted by molar-refractivity contribution is 7.93. The molecule has 0 unspecified atom stereocenters. The van der Waals surface area contributed by atoms with Crippen molar-refractivity contribution in [2.24, 2.45) is 0 Å². The molecule has 1 aromatic heterocycles. The highest BCUT2D eigenvalue weighted by Crippen LogP contribution is 2.25. The first-order valence-electron chi connectivity index (χ1n) is 8.75. The number of benzene rings is 2. The summed E-state index contributed by atoms with van der Waals surface area (Å²) in [5, 5.41) is 4.67. The molecule has 2 aromatic carbocycles. The van der Waals surface area contributed by atoms with Gasteiger partial charge in [0.2, 0.25) is 5.91 Å². The zero-order chi connectivity index (χ0) is 20.1. The molecule has 28 heavy (non-hydrogen) atoms. The molecule has 0 radical (unpaired) electrons. The summed E-state index contributed by atoms with van der Waals surface area (Å²) >= 11 is 1.16. The Morgan fingerprint density at radius 3 is 2.36 bits per heavy atom. The summed E-state index contributed by atoms with van der Waals surface area (Å²) in [5.74, 6) is -0.0480. The maximum Gasteiger partial charge on any atom is 0.266 e. The molecule has 0 aliphatic heterocycles. The molecule has 0 spiro atoms. The number of thiazole rings is 1. The lowest BCUT2D eigenvalue weighted by atomic mass is 10.0. The number of rotatable bonds is 7. The second kappa shape index (κ2) is 8.53. The third-order valence-corrected chi connectivity index (χ3v) is 6.77. The van der Waals surface area contributed by atoms with E-state index in [4.69, 9.17) is 0 Å². The highest BCUT2D eigenvalue weighted by atomic mass is 32.2. The van der Waals surface area contributed by atoms with E-state index in [1.54, 1.807) is 23.6 Å². The van der Waals surface area contributed by atoms with Crippen LogP contribution in [0.5, 0.6) is 0 Å². The molecule has 0 saturated carbocycles. The number of nitrogens with zero attached hydrogens (tertiary/aromatic N) is 2. The Morgan fingerprint density at radius 2 is 1.79 bits per heavy atom. The number of hydrogen-bond acceptors (Lipinski definition) is 5. The fraction of sp³-hybridized carbons (Fsp3) is 0.200. The van der Waals surface area contributed by atoms with Crippen molar-refractivity contribution in [1.29, 1.82) is 0 Å². The third kappa shape index (κ3) is 4.58. The van der Waals surface area contributed by atoms with Gasteiger partial charge in [-0.25, -0.2) is 17.7 Å². The molecule has 0 saturated heterocycles. The van der Waals surface area contributed by atoms with Crippen molar-refractivity contribution in [1.82, 2.24) is 4.98 Å². The molecule has 146 valence electrons. The summed E-state index contributed by atoms with van der Waals surface area (Å²) in [6, 6.07) is 15.5. The molecule has 1 amide bonds. The second-order valence-corrected chi connectivity index (χ2v) is 9.20. The molecule has 3 aromatic rings. The molecule has 0 aliphatic rings. The third-order valence-electron chi connectivity index (χ3n) is 4.11. The van der Waals surface area contributed by atoms with Crippen LogP contribution in [-0.2, 0) is 14.8 Å². The lowest BCUT2D eigenvalue weighted by Crippen LogP contribution is -2.38. The Balaban J connectivity index is 1.81. The quantitative estimate of drug-likeness (QED) is 0.630. The van der Waals surface area contributed by atoms with Crippen molar-refractivity contribution in [2.45, 2.75) is 24.7 Å². The number of hydrogen-bond donors (Lipinski definition) is 1. The predicted octanol–water partition coefficient (Wildman–Crippen LogP) is 4.10. The Hall–Kier alpha value is -2.71. The highest BCUT2D eigenvalue weighted by Gasteiger charge is 2.28. The van der Waals surface area contributed by atoms with Crippen molar-refractivity contribution in [2.75, 3.05) is 16.2 Å². The maximum absolute atomic E-state index is 13.1. The van der Waals surface area contributed by atoms with E-state index in [1.165, 1.54) is 18.3 Å². The van der Waals surface area contributed by atoms with Gasteiger partial charge in [-0.3, -0.25) is 4.79 Å². The van der Waals surface area contributed by atoms with Gasteiger partial charge in [0.1, 0.15) is 6.54 Å². The molecule has 0 bridgehead atoms. The van der Waals surface area contributed by atoms with Gasteiger partial charge >= 0.3 is 0 Å². The zero-order valence-electron chi connectivity index (χ0n) is 15.6. The minimum atomic E-state index is -3.91. The minimum absolute atomic E-state index is 0.110. The number of carbonyl (C=O) groups excluding carboxylic acids is 1. The minimum Gasteiger partial charge on any atom is -0.325 e. The molecule has 1 N–H and O–H groups in total. The number of aromatic nitrogens is 1. The first-order valence-corrected chi connectivity index (χ1v) is 11.1. The van der Waals surface area contributed by atoms with E-state index >= 15 is 0 Å². The van der Waals surface area contributed by atoms with Crippen LogP contribution in [0.4, 0.5) is 10.8 Å². The summed E-state index contributed by atoms with van der Waals surface area (Å²) in [5.41, 5.74) is 1.78. The van der Waals surface area contributed by atoms with E-state index in [9.17, 15) is 13.2 Å². The summed E-state index contributed by atoms with van der Waals surface area (Å²) in [6.07, 6.45) is 1.51. The summed E-state index contributed by atoms with van der Waals surface area (Å²) in [6.45, 7) is 3.82. The molecular formula is C20H21N3O3S2. The van der Waals surface area contributed by atoms with Crippen LogP contribution in [0.25, 0.3) is 0 Å².